The number of carbonyl (C=O) groups is 1. The van der Waals surface area contributed by atoms with E-state index in [9.17, 15) is 4.79 Å². The molecule has 24 heavy (non-hydrogen) atoms. The molecule has 1 aromatic heterocycles. The van der Waals surface area contributed by atoms with Crippen molar-refractivity contribution in [2.45, 2.75) is 26.2 Å². The molecule has 1 saturated heterocycles. The normalized spacial score (nSPS) is 13.8. The number of nitrogens with zero attached hydrogens (tertiary/aromatic N) is 2. The minimum absolute atomic E-state index is 0.0145. The molecule has 0 saturated carbocycles. The van der Waals surface area contributed by atoms with Crippen LogP contribution in [0, 0.1) is 0 Å². The Kier molecular flexibility index (Phi) is 5.31. The summed E-state index contributed by atoms with van der Waals surface area (Å²) in [7, 11) is 0. The highest BCUT2D eigenvalue weighted by molar-refractivity contribution is 5.91. The zero-order valence-corrected chi connectivity index (χ0v) is 14.0. The Bertz CT molecular complexity index is 662. The summed E-state index contributed by atoms with van der Waals surface area (Å²) in [5, 5.41) is 2.81. The number of nitrogens with one attached hydrogen (secondary N) is 1. The maximum absolute atomic E-state index is 12.0. The number of ether oxygens (including phenoxy) is 1. The van der Waals surface area contributed by atoms with Crippen molar-refractivity contribution in [3.63, 3.8) is 0 Å². The average Bonchev–Trinajstić information content (AvgIpc) is 3.16. The molecule has 5 heteroatoms. The molecule has 0 spiro atoms. The molecule has 0 radical (unpaired) electrons. The van der Waals surface area contributed by atoms with Crippen LogP contribution in [0.1, 0.15) is 25.3 Å². The first-order valence-corrected chi connectivity index (χ1v) is 8.47. The molecule has 1 aromatic carbocycles. The molecule has 0 aliphatic carbocycles. The maximum atomic E-state index is 12.0. The number of amides is 1. The Hall–Kier alpha value is -2.56. The summed E-state index contributed by atoms with van der Waals surface area (Å²) < 4.78 is 5.50. The number of rotatable bonds is 6. The zero-order valence-electron chi connectivity index (χ0n) is 14.0. The van der Waals surface area contributed by atoms with Crippen LogP contribution in [0.25, 0.3) is 0 Å². The van der Waals surface area contributed by atoms with Gasteiger partial charge in [-0.25, -0.2) is 4.98 Å². The van der Waals surface area contributed by atoms with Gasteiger partial charge in [-0.3, -0.25) is 4.79 Å². The van der Waals surface area contributed by atoms with E-state index in [4.69, 9.17) is 4.74 Å². The quantitative estimate of drug-likeness (QED) is 0.886. The highest BCUT2D eigenvalue weighted by Gasteiger charge is 2.13. The lowest BCUT2D eigenvalue weighted by atomic mass is 10.2. The van der Waals surface area contributed by atoms with Crippen LogP contribution < -0.4 is 15.0 Å². The lowest BCUT2D eigenvalue weighted by Gasteiger charge is -2.16. The number of carbonyl (C=O) groups excluding carboxylic acids is 1. The summed E-state index contributed by atoms with van der Waals surface area (Å²) in [5.74, 6) is 1.48. The third kappa shape index (κ3) is 4.25. The smallest absolute Gasteiger partial charge is 0.262 e. The summed E-state index contributed by atoms with van der Waals surface area (Å²) in [4.78, 5) is 18.7. The molecule has 1 fully saturated rings. The molecular formula is C19H23N3O2. The van der Waals surface area contributed by atoms with Gasteiger partial charge in [-0.05, 0) is 49.1 Å². The van der Waals surface area contributed by atoms with Crippen LogP contribution in [-0.4, -0.2) is 30.6 Å². The van der Waals surface area contributed by atoms with Crippen LogP contribution in [0.2, 0.25) is 0 Å². The first kappa shape index (κ1) is 16.3. The van der Waals surface area contributed by atoms with Crippen molar-refractivity contribution in [2.75, 3.05) is 29.9 Å². The fourth-order valence-electron chi connectivity index (χ4n) is 2.76. The Morgan fingerprint density at radius 2 is 1.92 bits per heavy atom. The minimum atomic E-state index is -0.190. The summed E-state index contributed by atoms with van der Waals surface area (Å²) in [6.07, 6.45) is 5.12. The molecule has 0 bridgehead atoms. The van der Waals surface area contributed by atoms with Gasteiger partial charge in [0.15, 0.2) is 6.61 Å². The molecule has 126 valence electrons. The van der Waals surface area contributed by atoms with Crippen LogP contribution in [0.15, 0.2) is 42.6 Å². The number of anilines is 2. The van der Waals surface area contributed by atoms with Gasteiger partial charge in [-0.2, -0.15) is 0 Å². The summed E-state index contributed by atoms with van der Waals surface area (Å²) in [6.45, 7) is 4.21. The van der Waals surface area contributed by atoms with Gasteiger partial charge in [-0.15, -0.1) is 0 Å². The van der Waals surface area contributed by atoms with E-state index in [-0.39, 0.29) is 12.5 Å². The molecule has 5 nitrogen and oxygen atoms in total. The molecule has 1 amide bonds. The van der Waals surface area contributed by atoms with Crippen molar-refractivity contribution in [3.8, 4) is 5.75 Å². The number of hydrogen-bond donors (Lipinski definition) is 1. The summed E-state index contributed by atoms with van der Waals surface area (Å²) in [6, 6.07) is 11.6. The number of pyridine rings is 1. The largest absolute Gasteiger partial charge is 0.484 e. The first-order valence-electron chi connectivity index (χ1n) is 8.47. The van der Waals surface area contributed by atoms with E-state index in [1.165, 1.54) is 18.4 Å². The number of aryl methyl sites for hydroxylation is 1. The van der Waals surface area contributed by atoms with Crippen molar-refractivity contribution >= 4 is 17.4 Å². The van der Waals surface area contributed by atoms with Crippen molar-refractivity contribution in [3.05, 3.63) is 48.2 Å². The van der Waals surface area contributed by atoms with Gasteiger partial charge in [0, 0.05) is 13.1 Å². The summed E-state index contributed by atoms with van der Waals surface area (Å²) >= 11 is 0. The van der Waals surface area contributed by atoms with Crippen LogP contribution >= 0.6 is 0 Å². The lowest BCUT2D eigenvalue weighted by Crippen LogP contribution is -2.21. The predicted molar refractivity (Wildman–Crippen MR) is 95.6 cm³/mol. The second-order valence-corrected chi connectivity index (χ2v) is 5.93. The fourth-order valence-corrected chi connectivity index (χ4v) is 2.76. The Morgan fingerprint density at radius 1 is 1.17 bits per heavy atom. The van der Waals surface area contributed by atoms with Crippen LogP contribution in [0.4, 0.5) is 11.5 Å². The molecule has 3 rings (SSSR count). The highest BCUT2D eigenvalue weighted by atomic mass is 16.5. The second-order valence-electron chi connectivity index (χ2n) is 5.93. The van der Waals surface area contributed by atoms with Crippen LogP contribution in [0.3, 0.4) is 0 Å². The van der Waals surface area contributed by atoms with Crippen LogP contribution in [0.5, 0.6) is 5.75 Å². The molecule has 1 aliphatic heterocycles. The van der Waals surface area contributed by atoms with Gasteiger partial charge < -0.3 is 15.0 Å². The second kappa shape index (κ2) is 7.81. The van der Waals surface area contributed by atoms with Gasteiger partial charge in [0.2, 0.25) is 0 Å². The minimum Gasteiger partial charge on any atom is -0.484 e. The topological polar surface area (TPSA) is 54.5 Å². The Balaban J connectivity index is 1.48. The highest BCUT2D eigenvalue weighted by Crippen LogP contribution is 2.19. The monoisotopic (exact) mass is 325 g/mol. The van der Waals surface area contributed by atoms with Gasteiger partial charge in [0.1, 0.15) is 11.6 Å². The average molecular weight is 325 g/mol. The van der Waals surface area contributed by atoms with Gasteiger partial charge in [0.05, 0.1) is 11.9 Å². The SMILES string of the molecule is CCc1ccc(OCC(=O)Nc2ccc(N3CCCC3)nc2)cc1. The zero-order chi connectivity index (χ0) is 16.8. The van der Waals surface area contributed by atoms with E-state index in [0.29, 0.717) is 11.4 Å². The Morgan fingerprint density at radius 3 is 2.54 bits per heavy atom. The van der Waals surface area contributed by atoms with Gasteiger partial charge in [-0.1, -0.05) is 19.1 Å². The molecule has 0 unspecified atom stereocenters. The number of aromatic nitrogens is 1. The summed E-state index contributed by atoms with van der Waals surface area (Å²) in [5.41, 5.74) is 1.93. The van der Waals surface area contributed by atoms with E-state index in [2.05, 4.69) is 22.1 Å². The molecule has 1 N–H and O–H groups in total. The van der Waals surface area contributed by atoms with E-state index in [1.807, 2.05) is 36.4 Å². The van der Waals surface area contributed by atoms with Crippen molar-refractivity contribution in [1.29, 1.82) is 0 Å². The predicted octanol–water partition coefficient (Wildman–Crippen LogP) is 3.26. The van der Waals surface area contributed by atoms with Crippen molar-refractivity contribution in [1.82, 2.24) is 4.98 Å². The lowest BCUT2D eigenvalue weighted by molar-refractivity contribution is -0.118. The van der Waals surface area contributed by atoms with E-state index in [1.54, 1.807) is 6.20 Å². The third-order valence-electron chi connectivity index (χ3n) is 4.16. The first-order chi connectivity index (χ1) is 11.7. The standard InChI is InChI=1S/C19H23N3O2/c1-2-15-5-8-17(9-6-15)24-14-19(23)21-16-7-10-18(20-13-16)22-11-3-4-12-22/h5-10,13H,2-4,11-12,14H2,1H3,(H,21,23). The molecule has 0 atom stereocenters. The van der Waals surface area contributed by atoms with Crippen molar-refractivity contribution < 1.29 is 9.53 Å². The fraction of sp³-hybridized carbons (Fsp3) is 0.368. The Labute approximate surface area is 142 Å². The third-order valence-corrected chi connectivity index (χ3v) is 4.16. The molecule has 1 aliphatic rings. The van der Waals surface area contributed by atoms with E-state index < -0.39 is 0 Å². The van der Waals surface area contributed by atoms with Gasteiger partial charge >= 0.3 is 0 Å². The van der Waals surface area contributed by atoms with Crippen molar-refractivity contribution in [2.24, 2.45) is 0 Å². The molecular weight excluding hydrogens is 302 g/mol. The number of hydrogen-bond acceptors (Lipinski definition) is 4. The van der Waals surface area contributed by atoms with E-state index in [0.717, 1.165) is 25.3 Å². The molecule has 2 aromatic rings. The molecule has 2 heterocycles. The number of benzene rings is 1. The van der Waals surface area contributed by atoms with Crippen LogP contribution in [-0.2, 0) is 11.2 Å². The van der Waals surface area contributed by atoms with E-state index >= 15 is 0 Å². The maximum Gasteiger partial charge on any atom is 0.262 e. The van der Waals surface area contributed by atoms with Gasteiger partial charge in [0.25, 0.3) is 5.91 Å².